The fourth-order valence-electron chi connectivity index (χ4n) is 2.92. The van der Waals surface area contributed by atoms with E-state index in [2.05, 4.69) is 25.0 Å². The Hall–Kier alpha value is -1.58. The van der Waals surface area contributed by atoms with Crippen molar-refractivity contribution in [1.29, 1.82) is 0 Å². The number of aliphatic hydroxyl groups excluding tert-OH is 2. The van der Waals surface area contributed by atoms with E-state index in [0.29, 0.717) is 0 Å². The zero-order chi connectivity index (χ0) is 22.4. The van der Waals surface area contributed by atoms with Gasteiger partial charge in [0.1, 0.15) is 18.3 Å². The standard InChI is InChI=1S/C13H16ClF3N5O7P/c1-18-8-5-9(21-12(14)20-8)22(3-19-5)10-7(24)6(23)4(29-10)2-28-11(13(15,16)17)30(25,26)27/h3-4,6-7,10-11,23-24H,2H2,1H3,(H,18,20,21)(H2,25,26,27)/t4-,6-,7-,10-,11+/m1/s1. The molecule has 0 amide bonds. The summed E-state index contributed by atoms with van der Waals surface area (Å²) in [6.07, 6.45) is -10.5. The Bertz CT molecular complexity index is 972. The summed E-state index contributed by atoms with van der Waals surface area (Å²) in [7, 11) is -4.15. The van der Waals surface area contributed by atoms with Crippen molar-refractivity contribution in [3.63, 3.8) is 0 Å². The molecule has 1 aliphatic rings. The molecule has 12 nitrogen and oxygen atoms in total. The molecule has 1 fully saturated rings. The molecule has 1 saturated heterocycles. The summed E-state index contributed by atoms with van der Waals surface area (Å²) in [4.78, 5) is 29.7. The van der Waals surface area contributed by atoms with E-state index in [0.717, 1.165) is 0 Å². The average Bonchev–Trinajstić information content (AvgIpc) is 3.14. The fraction of sp³-hybridized carbons (Fsp3) is 0.615. The lowest BCUT2D eigenvalue weighted by atomic mass is 10.1. The van der Waals surface area contributed by atoms with Crippen molar-refractivity contribution in [2.45, 2.75) is 36.6 Å². The van der Waals surface area contributed by atoms with Gasteiger partial charge < -0.3 is 34.8 Å². The van der Waals surface area contributed by atoms with E-state index >= 15 is 0 Å². The van der Waals surface area contributed by atoms with Gasteiger partial charge in [-0.05, 0) is 11.6 Å². The maximum Gasteiger partial charge on any atom is 0.426 e. The third-order valence-electron chi connectivity index (χ3n) is 4.25. The number of aliphatic hydroxyl groups is 2. The molecule has 2 aromatic heterocycles. The quantitative estimate of drug-likeness (QED) is 0.284. The van der Waals surface area contributed by atoms with Gasteiger partial charge in [-0.1, -0.05) is 0 Å². The molecule has 1 aliphatic heterocycles. The van der Waals surface area contributed by atoms with Crippen LogP contribution in [-0.4, -0.2) is 83.5 Å². The van der Waals surface area contributed by atoms with E-state index in [4.69, 9.17) is 26.1 Å². The van der Waals surface area contributed by atoms with Crippen LogP contribution in [0.1, 0.15) is 6.23 Å². The molecule has 17 heteroatoms. The molecule has 3 heterocycles. The van der Waals surface area contributed by atoms with Gasteiger partial charge in [0.05, 0.1) is 12.9 Å². The molecule has 0 radical (unpaired) electrons. The van der Waals surface area contributed by atoms with E-state index in [9.17, 15) is 27.9 Å². The number of aromatic nitrogens is 4. The van der Waals surface area contributed by atoms with E-state index in [1.165, 1.54) is 10.9 Å². The zero-order valence-corrected chi connectivity index (χ0v) is 16.6. The minimum atomic E-state index is -5.70. The highest BCUT2D eigenvalue weighted by Gasteiger charge is 2.53. The van der Waals surface area contributed by atoms with Gasteiger partial charge in [-0.3, -0.25) is 9.13 Å². The molecule has 5 atom stereocenters. The minimum absolute atomic E-state index is 0.0977. The summed E-state index contributed by atoms with van der Waals surface area (Å²) in [5.74, 6) is -3.15. The van der Waals surface area contributed by atoms with Crippen LogP contribution in [0.2, 0.25) is 5.28 Å². The van der Waals surface area contributed by atoms with Gasteiger partial charge in [0, 0.05) is 7.05 Å². The summed E-state index contributed by atoms with van der Waals surface area (Å²) in [5, 5.41) is 23.0. The Morgan fingerprint density at radius 3 is 2.60 bits per heavy atom. The van der Waals surface area contributed by atoms with Crippen LogP contribution in [-0.2, 0) is 14.0 Å². The first kappa shape index (κ1) is 23.1. The molecule has 0 saturated carbocycles. The molecule has 0 aromatic carbocycles. The number of alkyl halides is 3. The summed E-state index contributed by atoms with van der Waals surface area (Å²) in [6.45, 7) is -1.06. The summed E-state index contributed by atoms with van der Waals surface area (Å²) >= 11 is 5.85. The molecule has 2 aromatic rings. The molecule has 5 N–H and O–H groups in total. The van der Waals surface area contributed by atoms with E-state index in [1.54, 1.807) is 7.05 Å². The van der Waals surface area contributed by atoms with Crippen LogP contribution in [0, 0.1) is 0 Å². The molecule has 168 valence electrons. The number of anilines is 1. The van der Waals surface area contributed by atoms with E-state index in [-0.39, 0.29) is 22.3 Å². The Morgan fingerprint density at radius 2 is 2.03 bits per heavy atom. The number of rotatable bonds is 6. The van der Waals surface area contributed by atoms with Crippen LogP contribution in [0.15, 0.2) is 6.33 Å². The van der Waals surface area contributed by atoms with E-state index in [1.807, 2.05) is 0 Å². The van der Waals surface area contributed by atoms with Crippen LogP contribution >= 0.6 is 19.2 Å². The second kappa shape index (κ2) is 8.16. The lowest BCUT2D eigenvalue weighted by Crippen LogP contribution is -2.38. The number of fused-ring (bicyclic) bond motifs is 1. The number of imidazole rings is 1. The normalized spacial score (nSPS) is 26.3. The van der Waals surface area contributed by atoms with Crippen molar-refractivity contribution < 1.29 is 47.2 Å². The van der Waals surface area contributed by atoms with Crippen molar-refractivity contribution in [2.24, 2.45) is 0 Å². The maximum atomic E-state index is 12.8. The molecule has 3 rings (SSSR count). The Kier molecular flexibility index (Phi) is 6.28. The first-order valence-electron chi connectivity index (χ1n) is 8.17. The smallest absolute Gasteiger partial charge is 0.387 e. The largest absolute Gasteiger partial charge is 0.426 e. The number of nitrogens with one attached hydrogen (secondary N) is 1. The number of hydrogen-bond donors (Lipinski definition) is 5. The van der Waals surface area contributed by atoms with Gasteiger partial charge in [-0.15, -0.1) is 0 Å². The first-order chi connectivity index (χ1) is 13.8. The van der Waals surface area contributed by atoms with Crippen molar-refractivity contribution in [1.82, 2.24) is 19.5 Å². The van der Waals surface area contributed by atoms with Gasteiger partial charge in [-0.25, -0.2) is 4.98 Å². The van der Waals surface area contributed by atoms with Crippen molar-refractivity contribution in [3.05, 3.63) is 11.6 Å². The lowest BCUT2D eigenvalue weighted by Gasteiger charge is -2.23. The minimum Gasteiger partial charge on any atom is -0.387 e. The van der Waals surface area contributed by atoms with E-state index < -0.39 is 50.8 Å². The van der Waals surface area contributed by atoms with Crippen molar-refractivity contribution >= 4 is 36.2 Å². The predicted octanol–water partition coefficient (Wildman–Crippen LogP) is 0.223. The highest BCUT2D eigenvalue weighted by molar-refractivity contribution is 7.52. The molecular formula is C13H16ClF3N5O7P. The Labute approximate surface area is 170 Å². The second-order valence-electron chi connectivity index (χ2n) is 6.28. The molecule has 0 unspecified atom stereocenters. The SMILES string of the molecule is CNc1nc(Cl)nc2c1ncn2[C@@H]1O[C@H](CO[C@H](C(F)(F)F)P(=O)(O)O)[C@@H](O)[C@H]1O. The maximum absolute atomic E-state index is 12.8. The molecule has 0 bridgehead atoms. The van der Waals surface area contributed by atoms with Gasteiger partial charge >= 0.3 is 13.8 Å². The third-order valence-corrected chi connectivity index (χ3v) is 5.47. The van der Waals surface area contributed by atoms with Crippen LogP contribution in [0.5, 0.6) is 0 Å². The fourth-order valence-corrected chi connectivity index (χ4v) is 3.74. The second-order valence-corrected chi connectivity index (χ2v) is 8.26. The summed E-state index contributed by atoms with van der Waals surface area (Å²) in [5.41, 5.74) is 0.339. The molecule has 0 spiro atoms. The average molecular weight is 478 g/mol. The number of halogens is 4. The number of hydrogen-bond acceptors (Lipinski definition) is 9. The zero-order valence-electron chi connectivity index (χ0n) is 14.9. The van der Waals surface area contributed by atoms with Crippen molar-refractivity contribution in [2.75, 3.05) is 19.0 Å². The monoisotopic (exact) mass is 477 g/mol. The van der Waals surface area contributed by atoms with Crippen molar-refractivity contribution in [3.8, 4) is 0 Å². The summed E-state index contributed by atoms with van der Waals surface area (Å²) in [6, 6.07) is 0. The summed E-state index contributed by atoms with van der Waals surface area (Å²) < 4.78 is 60.4. The van der Waals surface area contributed by atoms with Crippen LogP contribution in [0.4, 0.5) is 19.0 Å². The van der Waals surface area contributed by atoms with Gasteiger partial charge in [0.15, 0.2) is 23.2 Å². The van der Waals surface area contributed by atoms with Gasteiger partial charge in [0.25, 0.3) is 5.85 Å². The highest BCUT2D eigenvalue weighted by atomic mass is 35.5. The van der Waals surface area contributed by atoms with Crippen LogP contribution < -0.4 is 5.32 Å². The third kappa shape index (κ3) is 4.38. The number of nitrogens with zero attached hydrogens (tertiary/aromatic N) is 4. The Balaban J connectivity index is 1.83. The van der Waals surface area contributed by atoms with Crippen LogP contribution in [0.3, 0.4) is 0 Å². The first-order valence-corrected chi connectivity index (χ1v) is 10.2. The lowest BCUT2D eigenvalue weighted by molar-refractivity contribution is -0.206. The number of ether oxygens (including phenoxy) is 2. The highest BCUT2D eigenvalue weighted by Crippen LogP contribution is 2.50. The topological polar surface area (TPSA) is 172 Å². The van der Waals surface area contributed by atoms with Gasteiger partial charge in [0.2, 0.25) is 5.28 Å². The predicted molar refractivity (Wildman–Crippen MR) is 93.6 cm³/mol. The molecular weight excluding hydrogens is 462 g/mol. The molecule has 30 heavy (non-hydrogen) atoms. The molecule has 0 aliphatic carbocycles. The van der Waals surface area contributed by atoms with Gasteiger partial charge in [-0.2, -0.15) is 23.1 Å². The Morgan fingerprint density at radius 1 is 1.37 bits per heavy atom. The van der Waals surface area contributed by atoms with Crippen LogP contribution in [0.25, 0.3) is 11.2 Å².